The molecule has 1 N–H and O–H groups in total. The molecule has 1 fully saturated rings. The molecule has 6 heteroatoms. The molecule has 144 valence electrons. The number of hydrogen-bond acceptors (Lipinski definition) is 3. The summed E-state index contributed by atoms with van der Waals surface area (Å²) in [4.78, 5) is 29.4. The minimum atomic E-state index is -0.423. The zero-order valence-corrected chi connectivity index (χ0v) is 15.5. The average Bonchev–Trinajstić information content (AvgIpc) is 2.72. The molecule has 0 bridgehead atoms. The number of nitrogens with one attached hydrogen (secondary N) is 1. The van der Waals surface area contributed by atoms with E-state index in [1.54, 1.807) is 35.2 Å². The first kappa shape index (κ1) is 18.3. The third-order valence-electron chi connectivity index (χ3n) is 5.54. The van der Waals surface area contributed by atoms with Crippen molar-refractivity contribution in [2.45, 2.75) is 32.2 Å². The SMILES string of the molecule is O=C(Nc1ccccc1F)C1CCC(Cn2cnc3ccccc3c2=O)CC1. The molecule has 1 aliphatic rings. The molecule has 28 heavy (non-hydrogen) atoms. The van der Waals surface area contributed by atoms with Gasteiger partial charge in [-0.05, 0) is 55.9 Å². The van der Waals surface area contributed by atoms with Gasteiger partial charge in [-0.3, -0.25) is 14.2 Å². The fourth-order valence-electron chi connectivity index (χ4n) is 3.92. The Morgan fingerprint density at radius 2 is 1.79 bits per heavy atom. The van der Waals surface area contributed by atoms with Crippen LogP contribution in [0.1, 0.15) is 25.7 Å². The van der Waals surface area contributed by atoms with Crippen LogP contribution >= 0.6 is 0 Å². The number of para-hydroxylation sites is 2. The standard InChI is InChI=1S/C22H22FN3O2/c23-18-6-2-4-8-20(18)25-21(27)16-11-9-15(10-12-16)13-26-14-24-19-7-3-1-5-17(19)22(26)28/h1-8,14-16H,9-13H2,(H,25,27). The van der Waals surface area contributed by atoms with E-state index < -0.39 is 5.82 Å². The van der Waals surface area contributed by atoms with Gasteiger partial charge in [0.05, 0.1) is 22.9 Å². The highest BCUT2D eigenvalue weighted by molar-refractivity contribution is 5.92. The summed E-state index contributed by atoms with van der Waals surface area (Å²) in [5.74, 6) is -0.346. The summed E-state index contributed by atoms with van der Waals surface area (Å²) in [7, 11) is 0. The predicted molar refractivity (Wildman–Crippen MR) is 106 cm³/mol. The second-order valence-electron chi connectivity index (χ2n) is 7.41. The summed E-state index contributed by atoms with van der Waals surface area (Å²) in [6.45, 7) is 0.609. The minimum Gasteiger partial charge on any atom is -0.323 e. The Morgan fingerprint density at radius 3 is 2.57 bits per heavy atom. The normalized spacial score (nSPS) is 19.5. The number of rotatable bonds is 4. The van der Waals surface area contributed by atoms with Crippen molar-refractivity contribution in [3.63, 3.8) is 0 Å². The Labute approximate surface area is 162 Å². The van der Waals surface area contributed by atoms with Crippen molar-refractivity contribution >= 4 is 22.5 Å². The average molecular weight is 379 g/mol. The van der Waals surface area contributed by atoms with E-state index in [1.165, 1.54) is 6.07 Å². The number of carbonyl (C=O) groups excluding carboxylic acids is 1. The number of halogens is 1. The van der Waals surface area contributed by atoms with Crippen molar-refractivity contribution in [1.29, 1.82) is 0 Å². The summed E-state index contributed by atoms with van der Waals surface area (Å²) in [5, 5.41) is 3.32. The molecule has 2 aromatic carbocycles. The van der Waals surface area contributed by atoms with E-state index in [4.69, 9.17) is 0 Å². The monoisotopic (exact) mass is 379 g/mol. The highest BCUT2D eigenvalue weighted by Gasteiger charge is 2.27. The van der Waals surface area contributed by atoms with E-state index in [0.29, 0.717) is 23.4 Å². The molecule has 1 heterocycles. The van der Waals surface area contributed by atoms with Crippen LogP contribution in [-0.2, 0) is 11.3 Å². The van der Waals surface area contributed by atoms with Crippen molar-refractivity contribution in [2.75, 3.05) is 5.32 Å². The third kappa shape index (κ3) is 3.81. The fraction of sp³-hybridized carbons (Fsp3) is 0.318. The molecule has 1 aromatic heterocycles. The first-order valence-corrected chi connectivity index (χ1v) is 9.61. The van der Waals surface area contributed by atoms with Crippen LogP contribution in [0.4, 0.5) is 10.1 Å². The molecule has 4 rings (SSSR count). The van der Waals surface area contributed by atoms with Crippen LogP contribution in [0.3, 0.4) is 0 Å². The molecular weight excluding hydrogens is 357 g/mol. The van der Waals surface area contributed by atoms with Gasteiger partial charge < -0.3 is 5.32 Å². The van der Waals surface area contributed by atoms with E-state index in [9.17, 15) is 14.0 Å². The maximum absolute atomic E-state index is 13.7. The van der Waals surface area contributed by atoms with Crippen LogP contribution in [0.25, 0.3) is 10.9 Å². The maximum Gasteiger partial charge on any atom is 0.261 e. The molecule has 3 aromatic rings. The van der Waals surface area contributed by atoms with Gasteiger partial charge in [0, 0.05) is 12.5 Å². The number of carbonyl (C=O) groups is 1. The van der Waals surface area contributed by atoms with Crippen molar-refractivity contribution in [3.05, 3.63) is 71.0 Å². The lowest BCUT2D eigenvalue weighted by Gasteiger charge is -2.28. The van der Waals surface area contributed by atoms with E-state index in [0.717, 1.165) is 25.7 Å². The molecule has 0 aliphatic heterocycles. The van der Waals surface area contributed by atoms with Gasteiger partial charge in [0.1, 0.15) is 5.82 Å². The topological polar surface area (TPSA) is 64.0 Å². The molecule has 1 amide bonds. The second-order valence-corrected chi connectivity index (χ2v) is 7.41. The van der Waals surface area contributed by atoms with Crippen molar-refractivity contribution in [2.24, 2.45) is 11.8 Å². The molecule has 0 saturated heterocycles. The quantitative estimate of drug-likeness (QED) is 0.746. The van der Waals surface area contributed by atoms with Crippen molar-refractivity contribution in [3.8, 4) is 0 Å². The zero-order chi connectivity index (χ0) is 19.5. The largest absolute Gasteiger partial charge is 0.323 e. The van der Waals surface area contributed by atoms with E-state index >= 15 is 0 Å². The van der Waals surface area contributed by atoms with Crippen LogP contribution in [0.5, 0.6) is 0 Å². The fourth-order valence-corrected chi connectivity index (χ4v) is 3.92. The highest BCUT2D eigenvalue weighted by atomic mass is 19.1. The number of fused-ring (bicyclic) bond motifs is 1. The van der Waals surface area contributed by atoms with E-state index in [1.807, 2.05) is 18.2 Å². The lowest BCUT2D eigenvalue weighted by molar-refractivity contribution is -0.121. The molecule has 1 saturated carbocycles. The Bertz CT molecular complexity index is 1050. The van der Waals surface area contributed by atoms with Crippen molar-refractivity contribution in [1.82, 2.24) is 9.55 Å². The molecule has 0 unspecified atom stereocenters. The molecule has 0 radical (unpaired) electrons. The Balaban J connectivity index is 1.37. The summed E-state index contributed by atoms with van der Waals surface area (Å²) in [6.07, 6.45) is 4.80. The van der Waals surface area contributed by atoms with Crippen LogP contribution in [0.2, 0.25) is 0 Å². The van der Waals surface area contributed by atoms with Crippen LogP contribution in [0, 0.1) is 17.7 Å². The van der Waals surface area contributed by atoms with Gasteiger partial charge in [-0.15, -0.1) is 0 Å². The van der Waals surface area contributed by atoms with Gasteiger partial charge in [0.25, 0.3) is 5.56 Å². The Hall–Kier alpha value is -3.02. The van der Waals surface area contributed by atoms with Gasteiger partial charge in [0.2, 0.25) is 5.91 Å². The number of amides is 1. The summed E-state index contributed by atoms with van der Waals surface area (Å²) in [6, 6.07) is 13.5. The predicted octanol–water partition coefficient (Wildman–Crippen LogP) is 3.98. The summed E-state index contributed by atoms with van der Waals surface area (Å²) >= 11 is 0. The Morgan fingerprint density at radius 1 is 1.07 bits per heavy atom. The minimum absolute atomic E-state index is 0.0231. The van der Waals surface area contributed by atoms with Gasteiger partial charge in [-0.1, -0.05) is 24.3 Å². The number of anilines is 1. The number of hydrogen-bond donors (Lipinski definition) is 1. The number of nitrogens with zero attached hydrogens (tertiary/aromatic N) is 2. The molecule has 5 nitrogen and oxygen atoms in total. The van der Waals surface area contributed by atoms with E-state index in [-0.39, 0.29) is 23.1 Å². The lowest BCUT2D eigenvalue weighted by Crippen LogP contribution is -2.30. The second kappa shape index (κ2) is 7.92. The smallest absolute Gasteiger partial charge is 0.261 e. The highest BCUT2D eigenvalue weighted by Crippen LogP contribution is 2.30. The number of aromatic nitrogens is 2. The summed E-state index contributed by atoms with van der Waals surface area (Å²) < 4.78 is 15.4. The molecule has 1 aliphatic carbocycles. The first-order chi connectivity index (χ1) is 13.6. The van der Waals surface area contributed by atoms with Crippen molar-refractivity contribution < 1.29 is 9.18 Å². The van der Waals surface area contributed by atoms with Gasteiger partial charge in [-0.25, -0.2) is 9.37 Å². The van der Waals surface area contributed by atoms with Gasteiger partial charge >= 0.3 is 0 Å². The maximum atomic E-state index is 13.7. The Kier molecular flexibility index (Phi) is 5.19. The van der Waals surface area contributed by atoms with Gasteiger partial charge in [0.15, 0.2) is 0 Å². The van der Waals surface area contributed by atoms with Crippen LogP contribution in [-0.4, -0.2) is 15.5 Å². The third-order valence-corrected chi connectivity index (χ3v) is 5.54. The number of benzene rings is 2. The zero-order valence-electron chi connectivity index (χ0n) is 15.5. The lowest BCUT2D eigenvalue weighted by atomic mass is 9.81. The van der Waals surface area contributed by atoms with Gasteiger partial charge in [-0.2, -0.15) is 0 Å². The molecule has 0 atom stereocenters. The first-order valence-electron chi connectivity index (χ1n) is 9.61. The van der Waals surface area contributed by atoms with Crippen LogP contribution < -0.4 is 10.9 Å². The molecular formula is C22H22FN3O2. The van der Waals surface area contributed by atoms with Crippen LogP contribution in [0.15, 0.2) is 59.7 Å². The van der Waals surface area contributed by atoms with E-state index in [2.05, 4.69) is 10.3 Å². The molecule has 0 spiro atoms. The summed E-state index contributed by atoms with van der Waals surface area (Å²) in [5.41, 5.74) is 0.908.